The predicted molar refractivity (Wildman–Crippen MR) is 51.6 cm³/mol. The maximum Gasteiger partial charge on any atom is 0.343 e. The minimum atomic E-state index is -2.40. The number of carboxylic acids is 1. The lowest BCUT2D eigenvalue weighted by atomic mass is 10.0. The summed E-state index contributed by atoms with van der Waals surface area (Å²) in [6.45, 7) is -0.134. The van der Waals surface area contributed by atoms with Crippen molar-refractivity contribution in [2.45, 2.75) is 12.4 Å². The summed E-state index contributed by atoms with van der Waals surface area (Å²) >= 11 is 0. The van der Waals surface area contributed by atoms with Crippen molar-refractivity contribution in [2.75, 3.05) is 27.9 Å². The molecule has 0 spiro atoms. The van der Waals surface area contributed by atoms with Gasteiger partial charge in [-0.15, -0.1) is 0 Å². The van der Waals surface area contributed by atoms with Gasteiger partial charge in [-0.2, -0.15) is 0 Å². The Morgan fingerprint density at radius 1 is 1.25 bits per heavy atom. The number of carboxylic acid groups (broad SMARTS) is 1. The normalized spacial score (nSPS) is 13.5. The average molecular weight is 236 g/mol. The maximum atomic E-state index is 11.5. The first kappa shape index (κ1) is 15.0. The molecule has 0 aliphatic carbocycles. The fourth-order valence-electron chi connectivity index (χ4n) is 1.08. The summed E-state index contributed by atoms with van der Waals surface area (Å²) in [4.78, 5) is 22.2. The fourth-order valence-corrected chi connectivity index (χ4v) is 1.08. The van der Waals surface area contributed by atoms with Gasteiger partial charge in [-0.25, -0.2) is 0 Å². The molecule has 1 atom stereocenters. The number of carbonyl (C=O) groups excluding carboxylic acids is 1. The van der Waals surface area contributed by atoms with E-state index < -0.39 is 30.1 Å². The SMILES string of the molecule is COCC(CC(=O)C(O)(OC)OC)C(=O)O. The molecule has 0 saturated carbocycles. The minimum Gasteiger partial charge on any atom is -0.481 e. The largest absolute Gasteiger partial charge is 0.481 e. The zero-order chi connectivity index (χ0) is 12.8. The number of hydrogen-bond donors (Lipinski definition) is 2. The zero-order valence-corrected chi connectivity index (χ0v) is 9.43. The molecule has 94 valence electrons. The molecule has 0 aromatic rings. The van der Waals surface area contributed by atoms with Gasteiger partial charge in [0.1, 0.15) is 0 Å². The second-order valence-corrected chi connectivity index (χ2v) is 3.11. The smallest absolute Gasteiger partial charge is 0.343 e. The van der Waals surface area contributed by atoms with Crippen LogP contribution in [0.25, 0.3) is 0 Å². The molecule has 16 heavy (non-hydrogen) atoms. The molecule has 0 rings (SSSR count). The molecule has 0 radical (unpaired) electrons. The molecule has 1 unspecified atom stereocenters. The Morgan fingerprint density at radius 2 is 1.75 bits per heavy atom. The van der Waals surface area contributed by atoms with Crippen LogP contribution in [0.15, 0.2) is 0 Å². The quantitative estimate of drug-likeness (QED) is 0.533. The van der Waals surface area contributed by atoms with Gasteiger partial charge in [-0.3, -0.25) is 9.59 Å². The number of carbonyl (C=O) groups is 2. The molecule has 0 aliphatic heterocycles. The summed E-state index contributed by atoms with van der Waals surface area (Å²) in [6.07, 6.45) is -0.443. The molecule has 0 heterocycles. The van der Waals surface area contributed by atoms with Crippen LogP contribution in [0.5, 0.6) is 0 Å². The maximum absolute atomic E-state index is 11.5. The van der Waals surface area contributed by atoms with Crippen molar-refractivity contribution < 1.29 is 34.0 Å². The van der Waals surface area contributed by atoms with Crippen molar-refractivity contribution in [3.05, 3.63) is 0 Å². The number of aliphatic hydroxyl groups is 1. The highest BCUT2D eigenvalue weighted by Crippen LogP contribution is 2.15. The molecule has 0 bridgehead atoms. The Bertz CT molecular complexity index is 246. The molecule has 7 nitrogen and oxygen atoms in total. The number of hydrogen-bond acceptors (Lipinski definition) is 6. The number of methoxy groups -OCH3 is 3. The predicted octanol–water partition coefficient (Wildman–Crippen LogP) is -0.768. The van der Waals surface area contributed by atoms with Crippen LogP contribution in [-0.2, 0) is 23.8 Å². The van der Waals surface area contributed by atoms with Crippen LogP contribution in [0.4, 0.5) is 0 Å². The van der Waals surface area contributed by atoms with E-state index in [-0.39, 0.29) is 6.61 Å². The molecule has 0 aromatic heterocycles. The fraction of sp³-hybridized carbons (Fsp3) is 0.778. The van der Waals surface area contributed by atoms with Crippen LogP contribution in [0.1, 0.15) is 6.42 Å². The highest BCUT2D eigenvalue weighted by molar-refractivity contribution is 5.88. The van der Waals surface area contributed by atoms with E-state index in [2.05, 4.69) is 14.2 Å². The zero-order valence-electron chi connectivity index (χ0n) is 9.43. The van der Waals surface area contributed by atoms with Crippen molar-refractivity contribution >= 4 is 11.8 Å². The Kier molecular flexibility index (Phi) is 6.12. The molecule has 0 fully saturated rings. The molecule has 0 aromatic carbocycles. The van der Waals surface area contributed by atoms with Crippen molar-refractivity contribution in [1.82, 2.24) is 0 Å². The summed E-state index contributed by atoms with van der Waals surface area (Å²) < 4.78 is 13.6. The topological polar surface area (TPSA) is 102 Å². The molecule has 0 aliphatic rings. The number of aliphatic carboxylic acids is 1. The van der Waals surface area contributed by atoms with Crippen LogP contribution in [0, 0.1) is 5.92 Å². The lowest BCUT2D eigenvalue weighted by Crippen LogP contribution is -2.44. The Labute approximate surface area is 92.9 Å². The van der Waals surface area contributed by atoms with E-state index in [1.54, 1.807) is 0 Å². The van der Waals surface area contributed by atoms with E-state index in [1.807, 2.05) is 0 Å². The summed E-state index contributed by atoms with van der Waals surface area (Å²) in [7, 11) is 3.47. The number of ether oxygens (including phenoxy) is 3. The van der Waals surface area contributed by atoms with Crippen LogP contribution in [-0.4, -0.2) is 55.9 Å². The van der Waals surface area contributed by atoms with Gasteiger partial charge in [0.15, 0.2) is 0 Å². The standard InChI is InChI=1S/C9H16O7/c1-14-5-6(8(11)12)4-7(10)9(13,15-2)16-3/h6,13H,4-5H2,1-3H3,(H,11,12). The average Bonchev–Trinajstić information content (AvgIpc) is 2.26. The van der Waals surface area contributed by atoms with Crippen molar-refractivity contribution in [3.63, 3.8) is 0 Å². The lowest BCUT2D eigenvalue weighted by Gasteiger charge is -2.23. The molecule has 0 saturated heterocycles. The first-order chi connectivity index (χ1) is 7.41. The van der Waals surface area contributed by atoms with E-state index in [1.165, 1.54) is 7.11 Å². The van der Waals surface area contributed by atoms with E-state index in [4.69, 9.17) is 5.11 Å². The Morgan fingerprint density at radius 3 is 2.06 bits per heavy atom. The summed E-state index contributed by atoms with van der Waals surface area (Å²) in [5.41, 5.74) is 0. The van der Waals surface area contributed by atoms with E-state index in [9.17, 15) is 14.7 Å². The van der Waals surface area contributed by atoms with Gasteiger partial charge >= 0.3 is 11.9 Å². The van der Waals surface area contributed by atoms with Crippen LogP contribution in [0.2, 0.25) is 0 Å². The van der Waals surface area contributed by atoms with E-state index in [0.717, 1.165) is 14.2 Å². The second-order valence-electron chi connectivity index (χ2n) is 3.11. The first-order valence-corrected chi connectivity index (χ1v) is 4.49. The molecule has 2 N–H and O–H groups in total. The van der Waals surface area contributed by atoms with E-state index in [0.29, 0.717) is 0 Å². The van der Waals surface area contributed by atoms with Crippen LogP contribution >= 0.6 is 0 Å². The molecular formula is C9H16O7. The highest BCUT2D eigenvalue weighted by atomic mass is 16.8. The molecular weight excluding hydrogens is 220 g/mol. The van der Waals surface area contributed by atoms with Crippen molar-refractivity contribution in [2.24, 2.45) is 5.92 Å². The van der Waals surface area contributed by atoms with Gasteiger partial charge in [0.05, 0.1) is 12.5 Å². The summed E-state index contributed by atoms with van der Waals surface area (Å²) in [5.74, 6) is -5.51. The second kappa shape index (κ2) is 6.54. The van der Waals surface area contributed by atoms with Gasteiger partial charge in [0.2, 0.25) is 5.78 Å². The van der Waals surface area contributed by atoms with Crippen LogP contribution < -0.4 is 0 Å². The van der Waals surface area contributed by atoms with Crippen LogP contribution in [0.3, 0.4) is 0 Å². The lowest BCUT2D eigenvalue weighted by molar-refractivity contribution is -0.313. The summed E-state index contributed by atoms with van der Waals surface area (Å²) in [5, 5.41) is 18.2. The number of rotatable bonds is 8. The Balaban J connectivity index is 4.56. The van der Waals surface area contributed by atoms with Gasteiger partial charge < -0.3 is 24.4 Å². The van der Waals surface area contributed by atoms with Crippen molar-refractivity contribution in [1.29, 1.82) is 0 Å². The summed E-state index contributed by atoms with van der Waals surface area (Å²) in [6, 6.07) is 0. The minimum absolute atomic E-state index is 0.134. The monoisotopic (exact) mass is 236 g/mol. The first-order valence-electron chi connectivity index (χ1n) is 4.49. The van der Waals surface area contributed by atoms with Gasteiger partial charge in [0, 0.05) is 27.8 Å². The third-order valence-corrected chi connectivity index (χ3v) is 2.05. The van der Waals surface area contributed by atoms with E-state index >= 15 is 0 Å². The Hall–Kier alpha value is -1.02. The highest BCUT2D eigenvalue weighted by Gasteiger charge is 2.38. The van der Waals surface area contributed by atoms with Crippen molar-refractivity contribution in [3.8, 4) is 0 Å². The third-order valence-electron chi connectivity index (χ3n) is 2.05. The van der Waals surface area contributed by atoms with Gasteiger partial charge in [-0.05, 0) is 0 Å². The molecule has 7 heteroatoms. The number of ketones is 1. The molecule has 0 amide bonds. The van der Waals surface area contributed by atoms with Gasteiger partial charge in [-0.1, -0.05) is 0 Å². The van der Waals surface area contributed by atoms with Gasteiger partial charge in [0.25, 0.3) is 0 Å². The third kappa shape index (κ3) is 3.86. The number of Topliss-reactive ketones (excluding diaryl/α,β-unsaturated/α-hetero) is 1.